The minimum absolute atomic E-state index is 0.0148. The molecule has 3 fully saturated rings. The first-order valence-electron chi connectivity index (χ1n) is 14.5. The first kappa shape index (κ1) is 32.2. The van der Waals surface area contributed by atoms with Crippen LogP contribution in [0.2, 0.25) is 5.02 Å². The zero-order valence-electron chi connectivity index (χ0n) is 24.3. The number of aliphatic hydroxyl groups is 1. The van der Waals surface area contributed by atoms with E-state index in [9.17, 15) is 27.9 Å². The molecule has 12 heteroatoms. The fourth-order valence-corrected chi connectivity index (χ4v) is 9.67. The van der Waals surface area contributed by atoms with Crippen LogP contribution in [0.4, 0.5) is 4.79 Å². The molecule has 3 saturated carbocycles. The summed E-state index contributed by atoms with van der Waals surface area (Å²) in [4.78, 5) is 37.9. The van der Waals surface area contributed by atoms with Crippen LogP contribution in [-0.2, 0) is 33.4 Å². The van der Waals surface area contributed by atoms with Gasteiger partial charge in [-0.15, -0.1) is 11.6 Å². The Morgan fingerprint density at radius 1 is 1.12 bits per heavy atom. The van der Waals surface area contributed by atoms with Crippen molar-refractivity contribution in [2.24, 2.45) is 22.7 Å². The van der Waals surface area contributed by atoms with E-state index in [0.717, 1.165) is 5.57 Å². The van der Waals surface area contributed by atoms with E-state index < -0.39 is 56.1 Å². The van der Waals surface area contributed by atoms with Crippen molar-refractivity contribution in [1.82, 2.24) is 0 Å². The summed E-state index contributed by atoms with van der Waals surface area (Å²) in [6.07, 6.45) is 4.77. The average molecular weight is 656 g/mol. The molecule has 0 heterocycles. The molecule has 0 aromatic heterocycles. The van der Waals surface area contributed by atoms with E-state index in [1.54, 1.807) is 19.1 Å². The van der Waals surface area contributed by atoms with E-state index in [1.165, 1.54) is 30.3 Å². The van der Waals surface area contributed by atoms with Crippen LogP contribution in [0.5, 0.6) is 0 Å². The maximum Gasteiger partial charge on any atom is 0.509 e. The van der Waals surface area contributed by atoms with E-state index >= 15 is 0 Å². The van der Waals surface area contributed by atoms with Crippen molar-refractivity contribution in [3.63, 3.8) is 0 Å². The van der Waals surface area contributed by atoms with Gasteiger partial charge in [-0.25, -0.2) is 4.79 Å². The molecule has 0 amide bonds. The molecule has 0 saturated heterocycles. The zero-order chi connectivity index (χ0) is 31.4. The molecular formula is C31H36Cl2O9S. The summed E-state index contributed by atoms with van der Waals surface area (Å²) in [5.41, 5.74) is -2.92. The number of carbonyl (C=O) groups excluding carboxylic acids is 3. The number of fused-ring (bicyclic) bond motifs is 5. The van der Waals surface area contributed by atoms with E-state index in [4.69, 9.17) is 36.9 Å². The SMILES string of the molecule is CCCOC(=O)O[C@]1(C(=O)COS(=O)(=O)c2ccc(Cl)cc2)CC[C@H]2[C@@H]3CCC4=CC(=O)C=C[C@]4(C)[C@@]3(Cl)C(O)C[C@@]21C. The van der Waals surface area contributed by atoms with Gasteiger partial charge in [0.25, 0.3) is 10.1 Å². The van der Waals surface area contributed by atoms with Gasteiger partial charge in [0.15, 0.2) is 11.4 Å². The summed E-state index contributed by atoms with van der Waals surface area (Å²) >= 11 is 13.4. The smallest absolute Gasteiger partial charge is 0.434 e. The predicted molar refractivity (Wildman–Crippen MR) is 158 cm³/mol. The molecule has 0 radical (unpaired) electrons. The molecule has 43 heavy (non-hydrogen) atoms. The van der Waals surface area contributed by atoms with Crippen LogP contribution in [0.15, 0.2) is 53.0 Å². The Morgan fingerprint density at radius 3 is 2.49 bits per heavy atom. The number of rotatable bonds is 8. The second-order valence-electron chi connectivity index (χ2n) is 12.4. The Bertz CT molecular complexity index is 1490. The highest BCUT2D eigenvalue weighted by atomic mass is 35.5. The van der Waals surface area contributed by atoms with Gasteiger partial charge in [-0.05, 0) is 86.8 Å². The van der Waals surface area contributed by atoms with Crippen molar-refractivity contribution >= 4 is 51.0 Å². The molecule has 5 rings (SSSR count). The topological polar surface area (TPSA) is 133 Å². The van der Waals surface area contributed by atoms with Crippen LogP contribution in [-0.4, -0.2) is 61.0 Å². The number of benzene rings is 1. The average Bonchev–Trinajstić information content (AvgIpc) is 3.24. The molecule has 1 unspecified atom stereocenters. The van der Waals surface area contributed by atoms with Crippen molar-refractivity contribution in [2.75, 3.05) is 13.2 Å². The summed E-state index contributed by atoms with van der Waals surface area (Å²) in [5, 5.41) is 12.2. The highest BCUT2D eigenvalue weighted by molar-refractivity contribution is 7.86. The number of Topliss-reactive ketones (excluding diaryl/α,β-unsaturated/α-hetero) is 1. The second-order valence-corrected chi connectivity index (χ2v) is 15.1. The van der Waals surface area contributed by atoms with Gasteiger partial charge in [0, 0.05) is 15.9 Å². The number of allylic oxidation sites excluding steroid dienone is 4. The normalized spacial score (nSPS) is 36.7. The van der Waals surface area contributed by atoms with Gasteiger partial charge in [-0.3, -0.25) is 13.8 Å². The van der Waals surface area contributed by atoms with E-state index in [2.05, 4.69) is 0 Å². The Kier molecular flexibility index (Phi) is 8.44. The van der Waals surface area contributed by atoms with Gasteiger partial charge in [0.1, 0.15) is 6.61 Å². The number of halogens is 2. The molecular weight excluding hydrogens is 619 g/mol. The third kappa shape index (κ3) is 4.97. The van der Waals surface area contributed by atoms with Crippen molar-refractivity contribution in [3.05, 3.63) is 53.1 Å². The maximum atomic E-state index is 14.1. The van der Waals surface area contributed by atoms with Crippen LogP contribution < -0.4 is 0 Å². The number of aliphatic hydroxyl groups excluding tert-OH is 1. The van der Waals surface area contributed by atoms with Crippen molar-refractivity contribution < 1.29 is 41.6 Å². The van der Waals surface area contributed by atoms with E-state index in [-0.39, 0.29) is 42.0 Å². The molecule has 9 nitrogen and oxygen atoms in total. The summed E-state index contributed by atoms with van der Waals surface area (Å²) in [6, 6.07) is 5.31. The number of alkyl halides is 1. The van der Waals surface area contributed by atoms with Crippen molar-refractivity contribution in [3.8, 4) is 0 Å². The van der Waals surface area contributed by atoms with Crippen molar-refractivity contribution in [1.29, 1.82) is 0 Å². The summed E-state index contributed by atoms with van der Waals surface area (Å²) in [6.45, 7) is 4.70. The van der Waals surface area contributed by atoms with Crippen LogP contribution >= 0.6 is 23.2 Å². The lowest BCUT2D eigenvalue weighted by Crippen LogP contribution is -2.69. The molecule has 0 spiro atoms. The molecule has 4 aliphatic rings. The first-order chi connectivity index (χ1) is 20.1. The van der Waals surface area contributed by atoms with E-state index in [1.807, 2.05) is 13.8 Å². The Balaban J connectivity index is 1.50. The van der Waals surface area contributed by atoms with Gasteiger partial charge in [-0.2, -0.15) is 8.42 Å². The highest BCUT2D eigenvalue weighted by Gasteiger charge is 2.74. The Hall–Kier alpha value is -2.24. The minimum Gasteiger partial charge on any atom is -0.434 e. The highest BCUT2D eigenvalue weighted by Crippen LogP contribution is 2.71. The van der Waals surface area contributed by atoms with Gasteiger partial charge < -0.3 is 14.6 Å². The second kappa shape index (κ2) is 11.3. The standard InChI is InChI=1S/C31H36Cl2O9S/c1-4-15-40-27(37)42-30(26(36)18-41-43(38,39)22-8-6-20(32)7-9-22)14-12-23-24-10-5-19-16-21(34)11-13-28(19,2)31(24,33)25(35)17-29(23,30)3/h6-9,11,13,16,23-25,35H,4-5,10,12,14-15,17-18H2,1-3H3/t23-,24-,25?,28-,29-,30-,31-/m0/s1. The fraction of sp³-hybridized carbons (Fsp3) is 0.581. The number of ether oxygens (including phenoxy) is 2. The first-order valence-corrected chi connectivity index (χ1v) is 16.7. The maximum absolute atomic E-state index is 14.1. The lowest BCUT2D eigenvalue weighted by Gasteiger charge is -2.64. The fourth-order valence-electron chi connectivity index (χ4n) is 8.16. The lowest BCUT2D eigenvalue weighted by atomic mass is 9.45. The van der Waals surface area contributed by atoms with Crippen LogP contribution in [0.25, 0.3) is 0 Å². The van der Waals surface area contributed by atoms with Gasteiger partial charge in [0.05, 0.1) is 22.5 Å². The minimum atomic E-state index is -4.35. The molecule has 234 valence electrons. The number of ketones is 2. The van der Waals surface area contributed by atoms with Gasteiger partial charge >= 0.3 is 6.16 Å². The molecule has 0 bridgehead atoms. The predicted octanol–water partition coefficient (Wildman–Crippen LogP) is 5.56. The zero-order valence-corrected chi connectivity index (χ0v) is 26.6. The molecule has 7 atom stereocenters. The lowest BCUT2D eigenvalue weighted by molar-refractivity contribution is -0.178. The quantitative estimate of drug-likeness (QED) is 0.217. The van der Waals surface area contributed by atoms with Crippen molar-refractivity contribution in [2.45, 2.75) is 80.8 Å². The molecule has 4 aliphatic carbocycles. The third-order valence-electron chi connectivity index (χ3n) is 10.3. The van der Waals surface area contributed by atoms with Gasteiger partial charge in [-0.1, -0.05) is 44.0 Å². The molecule has 0 aliphatic heterocycles. The third-order valence-corrected chi connectivity index (χ3v) is 12.8. The van der Waals surface area contributed by atoms with Gasteiger partial charge in [0.2, 0.25) is 5.78 Å². The Labute approximate surface area is 261 Å². The van der Waals surface area contributed by atoms with Crippen LogP contribution in [0, 0.1) is 22.7 Å². The summed E-state index contributed by atoms with van der Waals surface area (Å²) in [7, 11) is -4.35. The summed E-state index contributed by atoms with van der Waals surface area (Å²) in [5.74, 6) is -1.47. The monoisotopic (exact) mass is 654 g/mol. The largest absolute Gasteiger partial charge is 0.509 e. The molecule has 1 N–H and O–H groups in total. The number of carbonyl (C=O) groups is 3. The molecule has 1 aromatic carbocycles. The summed E-state index contributed by atoms with van der Waals surface area (Å²) < 4.78 is 42.2. The number of hydrogen-bond donors (Lipinski definition) is 1. The van der Waals surface area contributed by atoms with E-state index in [0.29, 0.717) is 30.7 Å². The van der Waals surface area contributed by atoms with Crippen LogP contribution in [0.1, 0.15) is 59.3 Å². The van der Waals surface area contributed by atoms with Crippen LogP contribution in [0.3, 0.4) is 0 Å². The molecule has 1 aromatic rings. The number of hydrogen-bond acceptors (Lipinski definition) is 9. The Morgan fingerprint density at radius 2 is 1.81 bits per heavy atom.